The quantitative estimate of drug-likeness (QED) is 0.737. The Hall–Kier alpha value is -2.10. The molecule has 0 aliphatic carbocycles. The van der Waals surface area contributed by atoms with Crippen LogP contribution in [0.4, 0.5) is 0 Å². The van der Waals surface area contributed by atoms with E-state index >= 15 is 0 Å². The highest BCUT2D eigenvalue weighted by Crippen LogP contribution is 2.15. The Morgan fingerprint density at radius 2 is 2.00 bits per heavy atom. The van der Waals surface area contributed by atoms with E-state index in [4.69, 9.17) is 4.74 Å². The predicted octanol–water partition coefficient (Wildman–Crippen LogP) is 2.00. The molecular weight excluding hydrogens is 204 g/mol. The van der Waals surface area contributed by atoms with E-state index in [0.29, 0.717) is 5.56 Å². The average Bonchev–Trinajstić information content (AvgIpc) is 2.71. The fourth-order valence-electron chi connectivity index (χ4n) is 1.46. The number of nitrogens with zero attached hydrogens (tertiary/aromatic N) is 2. The average molecular weight is 216 g/mol. The van der Waals surface area contributed by atoms with Gasteiger partial charge in [0.25, 0.3) is 0 Å². The standard InChI is InChI=1S/C12H12N2O2/c1-9-10(8-15)7-14(13-9)11-3-5-12(16-2)6-4-11/h3-8H,1-2H3. The summed E-state index contributed by atoms with van der Waals surface area (Å²) in [6.07, 6.45) is 2.52. The summed E-state index contributed by atoms with van der Waals surface area (Å²) in [6.45, 7) is 1.81. The maximum atomic E-state index is 10.7. The Balaban J connectivity index is 2.38. The van der Waals surface area contributed by atoms with Crippen LogP contribution in [0.15, 0.2) is 30.5 Å². The van der Waals surface area contributed by atoms with Crippen LogP contribution in [-0.2, 0) is 0 Å². The lowest BCUT2D eigenvalue weighted by Crippen LogP contribution is -1.94. The molecule has 0 fully saturated rings. The number of ether oxygens (including phenoxy) is 1. The van der Waals surface area contributed by atoms with Crippen molar-refractivity contribution in [1.82, 2.24) is 9.78 Å². The van der Waals surface area contributed by atoms with Gasteiger partial charge in [0, 0.05) is 6.20 Å². The maximum Gasteiger partial charge on any atom is 0.153 e. The summed E-state index contributed by atoms with van der Waals surface area (Å²) in [6, 6.07) is 7.49. The maximum absolute atomic E-state index is 10.7. The van der Waals surface area contributed by atoms with Gasteiger partial charge in [0.1, 0.15) is 5.75 Å². The number of rotatable bonds is 3. The Morgan fingerprint density at radius 3 is 2.50 bits per heavy atom. The third kappa shape index (κ3) is 1.82. The summed E-state index contributed by atoms with van der Waals surface area (Å²) in [5, 5.41) is 4.25. The van der Waals surface area contributed by atoms with Crippen LogP contribution in [0.1, 0.15) is 16.1 Å². The molecule has 1 aromatic carbocycles. The first kappa shape index (κ1) is 10.4. The molecule has 2 aromatic rings. The summed E-state index contributed by atoms with van der Waals surface area (Å²) in [4.78, 5) is 10.7. The lowest BCUT2D eigenvalue weighted by atomic mass is 10.3. The Labute approximate surface area is 93.5 Å². The second-order valence-electron chi connectivity index (χ2n) is 3.43. The second kappa shape index (κ2) is 4.18. The Bertz CT molecular complexity index is 500. The van der Waals surface area contributed by atoms with Crippen LogP contribution in [0.3, 0.4) is 0 Å². The highest BCUT2D eigenvalue weighted by Gasteiger charge is 2.04. The van der Waals surface area contributed by atoms with Gasteiger partial charge >= 0.3 is 0 Å². The first-order chi connectivity index (χ1) is 7.74. The number of aldehydes is 1. The lowest BCUT2D eigenvalue weighted by Gasteiger charge is -2.02. The molecule has 0 bridgehead atoms. The molecule has 0 aliphatic heterocycles. The Kier molecular flexibility index (Phi) is 2.72. The van der Waals surface area contributed by atoms with Crippen molar-refractivity contribution >= 4 is 6.29 Å². The first-order valence-corrected chi connectivity index (χ1v) is 4.90. The fourth-order valence-corrected chi connectivity index (χ4v) is 1.46. The number of aryl methyl sites for hydroxylation is 1. The molecule has 0 atom stereocenters. The minimum atomic E-state index is 0.607. The van der Waals surface area contributed by atoms with Crippen LogP contribution >= 0.6 is 0 Å². The van der Waals surface area contributed by atoms with Gasteiger partial charge in [-0.25, -0.2) is 4.68 Å². The van der Waals surface area contributed by atoms with Crippen LogP contribution in [0.5, 0.6) is 5.75 Å². The molecule has 0 aliphatic rings. The molecule has 4 heteroatoms. The molecule has 1 heterocycles. The number of aromatic nitrogens is 2. The zero-order valence-electron chi connectivity index (χ0n) is 9.18. The van der Waals surface area contributed by atoms with E-state index in [9.17, 15) is 4.79 Å². The molecule has 0 spiro atoms. The molecule has 4 nitrogen and oxygen atoms in total. The van der Waals surface area contributed by atoms with Crippen LogP contribution in [-0.4, -0.2) is 23.2 Å². The van der Waals surface area contributed by atoms with Crippen molar-refractivity contribution in [2.45, 2.75) is 6.92 Å². The van der Waals surface area contributed by atoms with E-state index in [1.54, 1.807) is 18.0 Å². The van der Waals surface area contributed by atoms with Gasteiger partial charge in [-0.15, -0.1) is 0 Å². The zero-order chi connectivity index (χ0) is 11.5. The molecule has 0 amide bonds. The normalized spacial score (nSPS) is 10.1. The van der Waals surface area contributed by atoms with Gasteiger partial charge in [-0.05, 0) is 31.2 Å². The number of methoxy groups -OCH3 is 1. The second-order valence-corrected chi connectivity index (χ2v) is 3.43. The molecule has 0 radical (unpaired) electrons. The molecule has 2 rings (SSSR count). The summed E-state index contributed by atoms with van der Waals surface area (Å²) in [5.41, 5.74) is 2.23. The van der Waals surface area contributed by atoms with Crippen molar-refractivity contribution in [3.63, 3.8) is 0 Å². The SMILES string of the molecule is COc1ccc(-n2cc(C=O)c(C)n2)cc1. The highest BCUT2D eigenvalue weighted by molar-refractivity contribution is 5.76. The van der Waals surface area contributed by atoms with Gasteiger partial charge in [0.15, 0.2) is 6.29 Å². The smallest absolute Gasteiger partial charge is 0.153 e. The molecule has 16 heavy (non-hydrogen) atoms. The molecule has 82 valence electrons. The summed E-state index contributed by atoms with van der Waals surface area (Å²) in [7, 11) is 1.62. The van der Waals surface area contributed by atoms with E-state index in [1.165, 1.54) is 0 Å². The molecule has 0 saturated heterocycles. The summed E-state index contributed by atoms with van der Waals surface area (Å²) in [5.74, 6) is 0.795. The predicted molar refractivity (Wildman–Crippen MR) is 60.2 cm³/mol. The van der Waals surface area contributed by atoms with Gasteiger partial charge in [0.05, 0.1) is 24.1 Å². The third-order valence-electron chi connectivity index (χ3n) is 2.40. The number of hydrogen-bond acceptors (Lipinski definition) is 3. The third-order valence-corrected chi connectivity index (χ3v) is 2.40. The largest absolute Gasteiger partial charge is 0.497 e. The van der Waals surface area contributed by atoms with E-state index in [1.807, 2.05) is 31.2 Å². The lowest BCUT2D eigenvalue weighted by molar-refractivity contribution is 0.112. The molecular formula is C12H12N2O2. The monoisotopic (exact) mass is 216 g/mol. The van der Waals surface area contributed by atoms with Crippen molar-refractivity contribution in [3.8, 4) is 11.4 Å². The molecule has 0 unspecified atom stereocenters. The number of carbonyl (C=O) groups excluding carboxylic acids is 1. The molecule has 1 aromatic heterocycles. The van der Waals surface area contributed by atoms with E-state index in [0.717, 1.165) is 23.4 Å². The van der Waals surface area contributed by atoms with Crippen molar-refractivity contribution in [2.75, 3.05) is 7.11 Å². The molecule has 0 saturated carbocycles. The number of carbonyl (C=O) groups is 1. The van der Waals surface area contributed by atoms with Gasteiger partial charge in [-0.3, -0.25) is 4.79 Å². The van der Waals surface area contributed by atoms with Crippen molar-refractivity contribution in [3.05, 3.63) is 41.7 Å². The topological polar surface area (TPSA) is 44.1 Å². The van der Waals surface area contributed by atoms with E-state index in [-0.39, 0.29) is 0 Å². The highest BCUT2D eigenvalue weighted by atomic mass is 16.5. The van der Waals surface area contributed by atoms with Crippen molar-refractivity contribution < 1.29 is 9.53 Å². The minimum absolute atomic E-state index is 0.607. The fraction of sp³-hybridized carbons (Fsp3) is 0.167. The number of benzene rings is 1. The van der Waals surface area contributed by atoms with Crippen LogP contribution < -0.4 is 4.74 Å². The van der Waals surface area contributed by atoms with Crippen LogP contribution in [0.2, 0.25) is 0 Å². The van der Waals surface area contributed by atoms with Crippen LogP contribution in [0, 0.1) is 6.92 Å². The zero-order valence-corrected chi connectivity index (χ0v) is 9.18. The van der Waals surface area contributed by atoms with Gasteiger partial charge in [-0.2, -0.15) is 5.10 Å². The van der Waals surface area contributed by atoms with E-state index < -0.39 is 0 Å². The van der Waals surface area contributed by atoms with Crippen molar-refractivity contribution in [2.24, 2.45) is 0 Å². The Morgan fingerprint density at radius 1 is 1.31 bits per heavy atom. The minimum Gasteiger partial charge on any atom is -0.497 e. The van der Waals surface area contributed by atoms with Gasteiger partial charge < -0.3 is 4.74 Å². The summed E-state index contributed by atoms with van der Waals surface area (Å²) >= 11 is 0. The van der Waals surface area contributed by atoms with E-state index in [2.05, 4.69) is 5.10 Å². The first-order valence-electron chi connectivity index (χ1n) is 4.90. The van der Waals surface area contributed by atoms with Gasteiger partial charge in [-0.1, -0.05) is 0 Å². The van der Waals surface area contributed by atoms with Crippen molar-refractivity contribution in [1.29, 1.82) is 0 Å². The van der Waals surface area contributed by atoms with Crippen LogP contribution in [0.25, 0.3) is 5.69 Å². The molecule has 0 N–H and O–H groups in total. The summed E-state index contributed by atoms with van der Waals surface area (Å²) < 4.78 is 6.75. The number of hydrogen-bond donors (Lipinski definition) is 0. The van der Waals surface area contributed by atoms with Gasteiger partial charge in [0.2, 0.25) is 0 Å².